The molecule has 5 rings (SSSR count). The summed E-state index contributed by atoms with van der Waals surface area (Å²) in [6, 6.07) is 18.3. The van der Waals surface area contributed by atoms with Crippen molar-refractivity contribution in [1.82, 2.24) is 5.32 Å². The van der Waals surface area contributed by atoms with Gasteiger partial charge in [-0.1, -0.05) is 35.3 Å². The van der Waals surface area contributed by atoms with Crippen LogP contribution in [0, 0.1) is 0 Å². The molecule has 2 aliphatic heterocycles. The van der Waals surface area contributed by atoms with Crippen LogP contribution in [0.4, 0.5) is 0 Å². The monoisotopic (exact) mass is 440 g/mol. The highest BCUT2D eigenvalue weighted by Gasteiger charge is 2.28. The van der Waals surface area contributed by atoms with E-state index in [1.807, 2.05) is 42.5 Å². The standard InChI is InChI=1S/C23H18Cl2N2O3/c24-15-3-1-2-14(8-15)23-26-18(13-4-7-21-22(9-13)30-12-29-21)11-19(27-23)17-10-16(25)5-6-20(17)28/h1-10,19,23,27-28H,11-12H2/t19-,23-/m0/s1. The first-order chi connectivity index (χ1) is 14.6. The lowest BCUT2D eigenvalue weighted by Crippen LogP contribution is -2.33. The lowest BCUT2D eigenvalue weighted by molar-refractivity contribution is 0.174. The van der Waals surface area contributed by atoms with E-state index in [0.717, 1.165) is 28.2 Å². The smallest absolute Gasteiger partial charge is 0.231 e. The SMILES string of the molecule is Oc1ccc(Cl)cc1[C@@H]1CC(c2ccc3c(c2)OCO3)=N[C@H](c2cccc(Cl)c2)N1. The molecule has 0 spiro atoms. The number of nitrogens with one attached hydrogen (secondary N) is 1. The molecule has 7 heteroatoms. The minimum absolute atomic E-state index is 0.189. The molecule has 5 nitrogen and oxygen atoms in total. The summed E-state index contributed by atoms with van der Waals surface area (Å²) in [7, 11) is 0. The lowest BCUT2D eigenvalue weighted by atomic mass is 9.93. The number of nitrogens with zero attached hydrogens (tertiary/aromatic N) is 1. The van der Waals surface area contributed by atoms with Crippen molar-refractivity contribution in [3.8, 4) is 17.2 Å². The number of fused-ring (bicyclic) bond motifs is 1. The Balaban J connectivity index is 1.58. The summed E-state index contributed by atoms with van der Waals surface area (Å²) < 4.78 is 11.0. The molecule has 0 saturated carbocycles. The molecule has 0 saturated heterocycles. The highest BCUT2D eigenvalue weighted by molar-refractivity contribution is 6.31. The highest BCUT2D eigenvalue weighted by atomic mass is 35.5. The van der Waals surface area contributed by atoms with Crippen molar-refractivity contribution >= 4 is 28.9 Å². The van der Waals surface area contributed by atoms with Crippen molar-refractivity contribution in [1.29, 1.82) is 0 Å². The van der Waals surface area contributed by atoms with Gasteiger partial charge in [0.1, 0.15) is 11.9 Å². The molecular weight excluding hydrogens is 423 g/mol. The molecule has 0 bridgehead atoms. The highest BCUT2D eigenvalue weighted by Crippen LogP contribution is 2.38. The third kappa shape index (κ3) is 3.72. The molecule has 30 heavy (non-hydrogen) atoms. The minimum atomic E-state index is -0.332. The number of phenolic OH excluding ortho intramolecular Hbond substituents is 1. The van der Waals surface area contributed by atoms with E-state index in [-0.39, 0.29) is 24.8 Å². The second-order valence-electron chi connectivity index (χ2n) is 7.23. The first kappa shape index (κ1) is 19.2. The van der Waals surface area contributed by atoms with Crippen LogP contribution in [0.25, 0.3) is 0 Å². The summed E-state index contributed by atoms with van der Waals surface area (Å²) in [5.74, 6) is 1.62. The average Bonchev–Trinajstić information content (AvgIpc) is 3.23. The van der Waals surface area contributed by atoms with Crippen LogP contribution >= 0.6 is 23.2 Å². The van der Waals surface area contributed by atoms with Gasteiger partial charge in [-0.3, -0.25) is 10.3 Å². The Labute approximate surface area is 183 Å². The van der Waals surface area contributed by atoms with Gasteiger partial charge in [0.25, 0.3) is 0 Å². The van der Waals surface area contributed by atoms with Crippen molar-refractivity contribution in [3.05, 3.63) is 87.4 Å². The molecule has 152 valence electrons. The Morgan fingerprint density at radius 2 is 1.77 bits per heavy atom. The summed E-state index contributed by atoms with van der Waals surface area (Å²) in [5.41, 5.74) is 3.50. The Morgan fingerprint density at radius 3 is 2.63 bits per heavy atom. The maximum absolute atomic E-state index is 10.5. The van der Waals surface area contributed by atoms with Crippen LogP contribution in [-0.2, 0) is 0 Å². The van der Waals surface area contributed by atoms with E-state index in [0.29, 0.717) is 22.2 Å². The summed E-state index contributed by atoms with van der Waals surface area (Å²) >= 11 is 12.4. The van der Waals surface area contributed by atoms with Crippen molar-refractivity contribution in [3.63, 3.8) is 0 Å². The van der Waals surface area contributed by atoms with Crippen molar-refractivity contribution < 1.29 is 14.6 Å². The van der Waals surface area contributed by atoms with Crippen LogP contribution in [-0.4, -0.2) is 17.6 Å². The number of benzene rings is 3. The topological polar surface area (TPSA) is 63.1 Å². The molecule has 2 aliphatic rings. The first-order valence-corrected chi connectivity index (χ1v) is 10.3. The predicted molar refractivity (Wildman–Crippen MR) is 117 cm³/mol. The van der Waals surface area contributed by atoms with E-state index in [9.17, 15) is 5.11 Å². The predicted octanol–water partition coefficient (Wildman–Crippen LogP) is 5.65. The van der Waals surface area contributed by atoms with E-state index in [4.69, 9.17) is 37.7 Å². The maximum Gasteiger partial charge on any atom is 0.231 e. The van der Waals surface area contributed by atoms with E-state index >= 15 is 0 Å². The van der Waals surface area contributed by atoms with Gasteiger partial charge in [-0.2, -0.15) is 0 Å². The van der Waals surface area contributed by atoms with Crippen LogP contribution in [0.15, 0.2) is 65.7 Å². The zero-order chi connectivity index (χ0) is 20.7. The molecule has 0 unspecified atom stereocenters. The third-order valence-corrected chi connectivity index (χ3v) is 5.75. The van der Waals surface area contributed by atoms with Gasteiger partial charge in [-0.25, -0.2) is 0 Å². The average molecular weight is 441 g/mol. The maximum atomic E-state index is 10.5. The van der Waals surface area contributed by atoms with Crippen molar-refractivity contribution in [2.75, 3.05) is 6.79 Å². The number of aromatic hydroxyl groups is 1. The van der Waals surface area contributed by atoms with Crippen molar-refractivity contribution in [2.45, 2.75) is 18.6 Å². The van der Waals surface area contributed by atoms with E-state index in [1.165, 1.54) is 0 Å². The van der Waals surface area contributed by atoms with Gasteiger partial charge in [-0.05, 0) is 59.7 Å². The zero-order valence-electron chi connectivity index (χ0n) is 15.8. The number of phenols is 1. The molecule has 0 fully saturated rings. The summed E-state index contributed by atoms with van der Waals surface area (Å²) in [4.78, 5) is 4.95. The van der Waals surface area contributed by atoms with Crippen LogP contribution in [0.1, 0.15) is 35.3 Å². The molecule has 2 heterocycles. The summed E-state index contributed by atoms with van der Waals surface area (Å²) in [5, 5.41) is 15.2. The molecule has 0 amide bonds. The Hall–Kier alpha value is -2.73. The summed E-state index contributed by atoms with van der Waals surface area (Å²) in [6.07, 6.45) is 0.242. The van der Waals surface area contributed by atoms with Gasteiger partial charge in [0.05, 0.1) is 0 Å². The molecule has 2 N–H and O–H groups in total. The molecule has 0 aromatic heterocycles. The van der Waals surface area contributed by atoms with Crippen molar-refractivity contribution in [2.24, 2.45) is 4.99 Å². The number of hydrogen-bond acceptors (Lipinski definition) is 5. The number of halogens is 2. The third-order valence-electron chi connectivity index (χ3n) is 5.28. The minimum Gasteiger partial charge on any atom is -0.508 e. The number of aliphatic imine (C=N–C) groups is 1. The van der Waals surface area contributed by atoms with E-state index in [2.05, 4.69) is 5.32 Å². The van der Waals surface area contributed by atoms with Gasteiger partial charge >= 0.3 is 0 Å². The fraction of sp³-hybridized carbons (Fsp3) is 0.174. The normalized spacial score (nSPS) is 20.1. The van der Waals surface area contributed by atoms with E-state index in [1.54, 1.807) is 18.2 Å². The second-order valence-corrected chi connectivity index (χ2v) is 8.10. The first-order valence-electron chi connectivity index (χ1n) is 9.53. The van der Waals surface area contributed by atoms with Gasteiger partial charge in [0.2, 0.25) is 6.79 Å². The van der Waals surface area contributed by atoms with Crippen LogP contribution in [0.3, 0.4) is 0 Å². The summed E-state index contributed by atoms with van der Waals surface area (Å²) in [6.45, 7) is 0.219. The Morgan fingerprint density at radius 1 is 0.933 bits per heavy atom. The largest absolute Gasteiger partial charge is 0.508 e. The van der Waals surface area contributed by atoms with Gasteiger partial charge in [-0.15, -0.1) is 0 Å². The molecule has 3 aromatic rings. The quantitative estimate of drug-likeness (QED) is 0.552. The van der Waals surface area contributed by atoms with E-state index < -0.39 is 0 Å². The number of rotatable bonds is 3. The van der Waals surface area contributed by atoms with Crippen LogP contribution < -0.4 is 14.8 Å². The molecule has 3 aromatic carbocycles. The molecular formula is C23H18Cl2N2O3. The molecule has 2 atom stereocenters. The number of hydrogen-bond donors (Lipinski definition) is 2. The van der Waals surface area contributed by atoms with Gasteiger partial charge in [0, 0.05) is 33.8 Å². The number of ether oxygens (including phenoxy) is 2. The second kappa shape index (κ2) is 7.84. The molecule has 0 aliphatic carbocycles. The Bertz CT molecular complexity index is 1150. The van der Waals surface area contributed by atoms with Gasteiger partial charge in [0.15, 0.2) is 11.5 Å². The zero-order valence-corrected chi connectivity index (χ0v) is 17.3. The fourth-order valence-electron chi connectivity index (χ4n) is 3.81. The van der Waals surface area contributed by atoms with Gasteiger partial charge < -0.3 is 14.6 Å². The van der Waals surface area contributed by atoms with Crippen LogP contribution in [0.5, 0.6) is 17.2 Å². The fourth-order valence-corrected chi connectivity index (χ4v) is 4.19. The lowest BCUT2D eigenvalue weighted by Gasteiger charge is -2.31. The van der Waals surface area contributed by atoms with Crippen LogP contribution in [0.2, 0.25) is 10.0 Å². The molecule has 0 radical (unpaired) electrons. The Kier molecular flexibility index (Phi) is 5.03.